The average Bonchev–Trinajstić information content (AvgIpc) is 2.83. The molecule has 0 unspecified atom stereocenters. The molecule has 3 rings (SSSR count). The summed E-state index contributed by atoms with van der Waals surface area (Å²) in [5.41, 5.74) is 0.462. The highest BCUT2D eigenvalue weighted by molar-refractivity contribution is 6.42. The Hall–Kier alpha value is -1.85. The lowest BCUT2D eigenvalue weighted by Crippen LogP contribution is -2.38. The number of hydrogen-bond donors (Lipinski definition) is 1. The Morgan fingerprint density at radius 3 is 2.68 bits per heavy atom. The summed E-state index contributed by atoms with van der Waals surface area (Å²) in [5, 5.41) is 3.34. The topological polar surface area (TPSA) is 66.5 Å². The number of imide groups is 1. The van der Waals surface area contributed by atoms with Crippen LogP contribution in [0.4, 0.5) is 5.69 Å². The predicted octanol–water partition coefficient (Wildman–Crippen LogP) is 3.52. The second-order valence-corrected chi connectivity index (χ2v) is 7.12. The molecule has 1 heterocycles. The summed E-state index contributed by atoms with van der Waals surface area (Å²) in [5.74, 6) is -1.60. The fourth-order valence-electron chi connectivity index (χ4n) is 3.53. The second kappa shape index (κ2) is 7.18. The van der Waals surface area contributed by atoms with Gasteiger partial charge in [0.1, 0.15) is 6.54 Å². The molecule has 2 aliphatic rings. The van der Waals surface area contributed by atoms with E-state index in [-0.39, 0.29) is 36.1 Å². The summed E-state index contributed by atoms with van der Waals surface area (Å²) in [6.45, 7) is 1.70. The van der Waals surface area contributed by atoms with E-state index in [1.54, 1.807) is 12.1 Å². The number of carbonyl (C=O) groups is 3. The zero-order chi connectivity index (χ0) is 18.1. The van der Waals surface area contributed by atoms with Crippen molar-refractivity contribution in [1.29, 1.82) is 0 Å². The van der Waals surface area contributed by atoms with Gasteiger partial charge in [-0.05, 0) is 37.0 Å². The molecule has 132 valence electrons. The summed E-state index contributed by atoms with van der Waals surface area (Å²) in [6.07, 6.45) is 5.31. The summed E-state index contributed by atoms with van der Waals surface area (Å²) < 4.78 is 0. The van der Waals surface area contributed by atoms with E-state index in [0.717, 1.165) is 11.3 Å². The average molecular weight is 381 g/mol. The number of anilines is 1. The van der Waals surface area contributed by atoms with Crippen molar-refractivity contribution in [2.75, 3.05) is 11.9 Å². The van der Waals surface area contributed by atoms with Gasteiger partial charge in [-0.3, -0.25) is 19.3 Å². The highest BCUT2D eigenvalue weighted by atomic mass is 35.5. The molecule has 7 heteroatoms. The van der Waals surface area contributed by atoms with Crippen molar-refractivity contribution in [2.45, 2.75) is 19.8 Å². The fourth-order valence-corrected chi connectivity index (χ4v) is 3.83. The molecule has 0 bridgehead atoms. The van der Waals surface area contributed by atoms with Crippen LogP contribution in [0.5, 0.6) is 0 Å². The van der Waals surface area contributed by atoms with Gasteiger partial charge < -0.3 is 5.32 Å². The van der Waals surface area contributed by atoms with Crippen molar-refractivity contribution in [3.63, 3.8) is 0 Å². The first kappa shape index (κ1) is 18.0. The van der Waals surface area contributed by atoms with E-state index >= 15 is 0 Å². The molecule has 0 saturated carbocycles. The molecule has 1 aromatic carbocycles. The Morgan fingerprint density at radius 2 is 2.00 bits per heavy atom. The molecule has 5 nitrogen and oxygen atoms in total. The van der Waals surface area contributed by atoms with Gasteiger partial charge in [-0.2, -0.15) is 0 Å². The lowest BCUT2D eigenvalue weighted by Gasteiger charge is -2.24. The number of likely N-dealkylation sites (tertiary alicyclic amines) is 1. The van der Waals surface area contributed by atoms with Crippen molar-refractivity contribution < 1.29 is 14.4 Å². The number of rotatable bonds is 4. The molecule has 1 aromatic rings. The number of nitrogens with one attached hydrogen (secondary N) is 1. The van der Waals surface area contributed by atoms with Crippen LogP contribution in [0.1, 0.15) is 19.8 Å². The molecule has 1 aliphatic heterocycles. The van der Waals surface area contributed by atoms with Crippen molar-refractivity contribution in [3.05, 3.63) is 40.4 Å². The number of halogens is 2. The number of allylic oxidation sites excluding steroid dienone is 2. The number of nitrogens with zero attached hydrogens (tertiary/aromatic N) is 1. The summed E-state index contributed by atoms with van der Waals surface area (Å²) in [7, 11) is 0. The van der Waals surface area contributed by atoms with E-state index in [4.69, 9.17) is 23.2 Å². The van der Waals surface area contributed by atoms with E-state index in [2.05, 4.69) is 5.32 Å². The van der Waals surface area contributed by atoms with Gasteiger partial charge in [-0.25, -0.2) is 0 Å². The fraction of sp³-hybridized carbons (Fsp3) is 0.389. The largest absolute Gasteiger partial charge is 0.324 e. The van der Waals surface area contributed by atoms with Crippen LogP contribution in [0, 0.1) is 17.8 Å². The number of hydrogen-bond acceptors (Lipinski definition) is 3. The third-order valence-corrected chi connectivity index (χ3v) is 5.52. The Labute approximate surface area is 156 Å². The molecule has 25 heavy (non-hydrogen) atoms. The number of amides is 3. The van der Waals surface area contributed by atoms with E-state index in [0.29, 0.717) is 22.2 Å². The highest BCUT2D eigenvalue weighted by Crippen LogP contribution is 2.39. The lowest BCUT2D eigenvalue weighted by atomic mass is 9.76. The van der Waals surface area contributed by atoms with Crippen LogP contribution in [0.2, 0.25) is 10.0 Å². The minimum Gasteiger partial charge on any atom is -0.324 e. The maximum absolute atomic E-state index is 12.7. The van der Waals surface area contributed by atoms with Crippen LogP contribution in [0.15, 0.2) is 30.4 Å². The quantitative estimate of drug-likeness (QED) is 0.641. The molecule has 0 aromatic heterocycles. The first-order valence-electron chi connectivity index (χ1n) is 8.19. The van der Waals surface area contributed by atoms with Crippen molar-refractivity contribution in [1.82, 2.24) is 4.90 Å². The standard InChI is InChI=1S/C18H18Cl2N2O3/c1-2-10-4-3-5-12-16(10)18(25)22(17(12)24)9-15(23)21-11-6-7-13(19)14(20)8-11/h3-4,6-8,10,12,16H,2,5,9H2,1H3,(H,21,23)/t10-,12+,16+/m1/s1. The first-order valence-corrected chi connectivity index (χ1v) is 8.94. The minimum atomic E-state index is -0.445. The van der Waals surface area contributed by atoms with Crippen LogP contribution in [0.3, 0.4) is 0 Å². The second-order valence-electron chi connectivity index (χ2n) is 6.31. The van der Waals surface area contributed by atoms with Gasteiger partial charge in [0.05, 0.1) is 21.9 Å². The Kier molecular flexibility index (Phi) is 5.16. The third kappa shape index (κ3) is 3.44. The first-order chi connectivity index (χ1) is 11.9. The maximum atomic E-state index is 12.7. The maximum Gasteiger partial charge on any atom is 0.244 e. The van der Waals surface area contributed by atoms with E-state index < -0.39 is 5.91 Å². The summed E-state index contributed by atoms with van der Waals surface area (Å²) >= 11 is 11.8. The Bertz CT molecular complexity index is 763. The molecule has 1 aliphatic carbocycles. The van der Waals surface area contributed by atoms with Crippen LogP contribution in [-0.4, -0.2) is 29.2 Å². The van der Waals surface area contributed by atoms with Gasteiger partial charge in [0.25, 0.3) is 0 Å². The van der Waals surface area contributed by atoms with Gasteiger partial charge in [-0.1, -0.05) is 42.3 Å². The third-order valence-electron chi connectivity index (χ3n) is 4.78. The predicted molar refractivity (Wildman–Crippen MR) is 96.3 cm³/mol. The van der Waals surface area contributed by atoms with E-state index in [1.165, 1.54) is 6.07 Å². The Balaban J connectivity index is 1.70. The number of fused-ring (bicyclic) bond motifs is 1. The monoisotopic (exact) mass is 380 g/mol. The van der Waals surface area contributed by atoms with Crippen molar-refractivity contribution in [3.8, 4) is 0 Å². The van der Waals surface area contributed by atoms with Crippen LogP contribution < -0.4 is 5.32 Å². The van der Waals surface area contributed by atoms with Crippen molar-refractivity contribution >= 4 is 46.6 Å². The summed E-state index contributed by atoms with van der Waals surface area (Å²) in [6, 6.07) is 4.69. The summed E-state index contributed by atoms with van der Waals surface area (Å²) in [4.78, 5) is 38.6. The lowest BCUT2D eigenvalue weighted by molar-refractivity contribution is -0.142. The Morgan fingerprint density at radius 1 is 1.24 bits per heavy atom. The molecular formula is C18H18Cl2N2O3. The van der Waals surface area contributed by atoms with Crippen LogP contribution >= 0.6 is 23.2 Å². The molecule has 1 N–H and O–H groups in total. The van der Waals surface area contributed by atoms with E-state index in [1.807, 2.05) is 19.1 Å². The molecule has 1 fully saturated rings. The molecular weight excluding hydrogens is 363 g/mol. The molecule has 0 spiro atoms. The number of benzene rings is 1. The van der Waals surface area contributed by atoms with Crippen LogP contribution in [-0.2, 0) is 14.4 Å². The smallest absolute Gasteiger partial charge is 0.244 e. The molecule has 3 atom stereocenters. The zero-order valence-corrected chi connectivity index (χ0v) is 15.2. The van der Waals surface area contributed by atoms with Gasteiger partial charge in [-0.15, -0.1) is 0 Å². The molecule has 3 amide bonds. The van der Waals surface area contributed by atoms with Gasteiger partial charge in [0.2, 0.25) is 17.7 Å². The molecule has 0 radical (unpaired) electrons. The normalized spacial score (nSPS) is 25.2. The molecule has 1 saturated heterocycles. The number of carbonyl (C=O) groups excluding carboxylic acids is 3. The van der Waals surface area contributed by atoms with E-state index in [9.17, 15) is 14.4 Å². The van der Waals surface area contributed by atoms with Gasteiger partial charge in [0, 0.05) is 5.69 Å². The van der Waals surface area contributed by atoms with Crippen molar-refractivity contribution in [2.24, 2.45) is 17.8 Å². The van der Waals surface area contributed by atoms with Crippen LogP contribution in [0.25, 0.3) is 0 Å². The minimum absolute atomic E-state index is 0.0540. The zero-order valence-electron chi connectivity index (χ0n) is 13.7. The van der Waals surface area contributed by atoms with Gasteiger partial charge in [0.15, 0.2) is 0 Å². The highest BCUT2D eigenvalue weighted by Gasteiger charge is 2.50. The SMILES string of the molecule is CC[C@@H]1C=CC[C@@H]2C(=O)N(CC(=O)Nc3ccc(Cl)c(Cl)c3)C(=O)[C@H]21. The van der Waals surface area contributed by atoms with Gasteiger partial charge >= 0.3 is 0 Å².